The molecule has 0 spiro atoms. The summed E-state index contributed by atoms with van der Waals surface area (Å²) in [7, 11) is 0. The molecule has 1 heterocycles. The standard InChI is InChI=1S/C19H20N2OS/c1-12-5-10-15-16(11-12)21-18(20-15)23-17(22)13-6-8-14(9-7-13)19(2,3)4/h5-11H,1-4H3,(H,20,21). The quantitative estimate of drug-likeness (QED) is 0.667. The molecular weight excluding hydrogens is 304 g/mol. The van der Waals surface area contributed by atoms with E-state index in [1.165, 1.54) is 11.1 Å². The SMILES string of the molecule is Cc1ccc2nc(SC(=O)c3ccc(C(C)(C)C)cc3)[nH]c2c1. The lowest BCUT2D eigenvalue weighted by Crippen LogP contribution is -2.11. The highest BCUT2D eigenvalue weighted by Gasteiger charge is 2.16. The fourth-order valence-corrected chi connectivity index (χ4v) is 3.14. The van der Waals surface area contributed by atoms with Crippen molar-refractivity contribution in [1.82, 2.24) is 9.97 Å². The molecule has 3 rings (SSSR count). The molecule has 0 aliphatic rings. The molecule has 0 aliphatic carbocycles. The Bertz CT molecular complexity index is 857. The van der Waals surface area contributed by atoms with Gasteiger partial charge in [0.05, 0.1) is 11.0 Å². The summed E-state index contributed by atoms with van der Waals surface area (Å²) in [6.07, 6.45) is 0. The minimum Gasteiger partial charge on any atom is -0.333 e. The number of H-pyrrole nitrogens is 1. The molecule has 0 saturated carbocycles. The molecule has 23 heavy (non-hydrogen) atoms. The van der Waals surface area contributed by atoms with Gasteiger partial charge >= 0.3 is 0 Å². The maximum Gasteiger partial charge on any atom is 0.227 e. The summed E-state index contributed by atoms with van der Waals surface area (Å²) in [4.78, 5) is 20.1. The van der Waals surface area contributed by atoms with Crippen LogP contribution in [0.3, 0.4) is 0 Å². The Morgan fingerprint density at radius 1 is 1.09 bits per heavy atom. The van der Waals surface area contributed by atoms with Crippen molar-refractivity contribution in [3.63, 3.8) is 0 Å². The zero-order valence-corrected chi connectivity index (χ0v) is 14.6. The first kappa shape index (κ1) is 15.8. The Balaban J connectivity index is 1.80. The highest BCUT2D eigenvalue weighted by molar-refractivity contribution is 8.14. The molecule has 0 amide bonds. The third kappa shape index (κ3) is 3.48. The second-order valence-corrected chi connectivity index (χ2v) is 7.74. The molecule has 2 aromatic carbocycles. The van der Waals surface area contributed by atoms with Gasteiger partial charge in [0.1, 0.15) is 0 Å². The van der Waals surface area contributed by atoms with Gasteiger partial charge in [-0.05, 0) is 47.4 Å². The maximum atomic E-state index is 12.4. The van der Waals surface area contributed by atoms with Crippen LogP contribution in [0.1, 0.15) is 42.3 Å². The lowest BCUT2D eigenvalue weighted by atomic mass is 9.87. The number of carbonyl (C=O) groups excluding carboxylic acids is 1. The number of carbonyl (C=O) groups is 1. The van der Waals surface area contributed by atoms with E-state index in [9.17, 15) is 4.79 Å². The third-order valence-corrected chi connectivity index (χ3v) is 4.60. The summed E-state index contributed by atoms with van der Waals surface area (Å²) in [6.45, 7) is 8.52. The number of thioether (sulfide) groups is 1. The molecule has 0 aliphatic heterocycles. The predicted octanol–water partition coefficient (Wildman–Crippen LogP) is 5.10. The average molecular weight is 324 g/mol. The van der Waals surface area contributed by atoms with Gasteiger partial charge in [-0.15, -0.1) is 0 Å². The highest BCUT2D eigenvalue weighted by Crippen LogP contribution is 2.26. The van der Waals surface area contributed by atoms with Gasteiger partial charge in [0.15, 0.2) is 5.16 Å². The first-order valence-electron chi connectivity index (χ1n) is 7.62. The first-order chi connectivity index (χ1) is 10.8. The normalized spacial score (nSPS) is 11.8. The highest BCUT2D eigenvalue weighted by atomic mass is 32.2. The van der Waals surface area contributed by atoms with E-state index in [1.54, 1.807) is 0 Å². The zero-order valence-electron chi connectivity index (χ0n) is 13.8. The lowest BCUT2D eigenvalue weighted by molar-refractivity contribution is 0.108. The van der Waals surface area contributed by atoms with Crippen molar-refractivity contribution in [3.8, 4) is 0 Å². The number of aromatic amines is 1. The van der Waals surface area contributed by atoms with Gasteiger partial charge in [0, 0.05) is 5.56 Å². The summed E-state index contributed by atoms with van der Waals surface area (Å²) in [5.41, 5.74) is 5.02. The summed E-state index contributed by atoms with van der Waals surface area (Å²) < 4.78 is 0. The van der Waals surface area contributed by atoms with Crippen LogP contribution in [0.2, 0.25) is 0 Å². The van der Waals surface area contributed by atoms with E-state index in [4.69, 9.17) is 0 Å². The number of hydrogen-bond acceptors (Lipinski definition) is 3. The van der Waals surface area contributed by atoms with Gasteiger partial charge in [-0.25, -0.2) is 4.98 Å². The van der Waals surface area contributed by atoms with Crippen molar-refractivity contribution in [2.45, 2.75) is 38.3 Å². The molecule has 0 atom stereocenters. The molecule has 0 saturated heterocycles. The van der Waals surface area contributed by atoms with Crippen LogP contribution >= 0.6 is 11.8 Å². The van der Waals surface area contributed by atoms with E-state index < -0.39 is 0 Å². The van der Waals surface area contributed by atoms with Crippen LogP contribution < -0.4 is 0 Å². The third-order valence-electron chi connectivity index (χ3n) is 3.79. The van der Waals surface area contributed by atoms with E-state index in [-0.39, 0.29) is 10.5 Å². The number of benzene rings is 2. The molecule has 1 aromatic heterocycles. The molecule has 0 radical (unpaired) electrons. The van der Waals surface area contributed by atoms with Crippen LogP contribution in [-0.4, -0.2) is 15.1 Å². The summed E-state index contributed by atoms with van der Waals surface area (Å²) >= 11 is 1.14. The predicted molar refractivity (Wildman–Crippen MR) is 96.2 cm³/mol. The number of aromatic nitrogens is 2. The largest absolute Gasteiger partial charge is 0.333 e. The summed E-state index contributed by atoms with van der Waals surface area (Å²) in [6, 6.07) is 13.9. The van der Waals surface area contributed by atoms with Crippen LogP contribution in [0.5, 0.6) is 0 Å². The molecule has 0 fully saturated rings. The summed E-state index contributed by atoms with van der Waals surface area (Å²) in [5.74, 6) is 0. The second kappa shape index (κ2) is 5.85. The molecule has 3 aromatic rings. The molecule has 0 unspecified atom stereocenters. The minimum atomic E-state index is 0.00115. The number of nitrogens with one attached hydrogen (secondary N) is 1. The van der Waals surface area contributed by atoms with Crippen molar-refractivity contribution in [2.75, 3.05) is 0 Å². The topological polar surface area (TPSA) is 45.8 Å². The fraction of sp³-hybridized carbons (Fsp3) is 0.263. The smallest absolute Gasteiger partial charge is 0.227 e. The molecule has 4 heteroatoms. The monoisotopic (exact) mass is 324 g/mol. The summed E-state index contributed by atoms with van der Waals surface area (Å²) in [5, 5.41) is 0.636. The van der Waals surface area contributed by atoms with Gasteiger partial charge in [0.25, 0.3) is 0 Å². The van der Waals surface area contributed by atoms with Crippen molar-refractivity contribution in [3.05, 3.63) is 59.2 Å². The van der Waals surface area contributed by atoms with Gasteiger partial charge in [-0.1, -0.05) is 51.1 Å². The molecular formula is C19H20N2OS. The maximum absolute atomic E-state index is 12.4. The molecule has 1 N–H and O–H groups in total. The number of hydrogen-bond donors (Lipinski definition) is 1. The van der Waals surface area contributed by atoms with Crippen LogP contribution in [0.25, 0.3) is 11.0 Å². The van der Waals surface area contributed by atoms with Crippen LogP contribution in [0.4, 0.5) is 0 Å². The lowest BCUT2D eigenvalue weighted by Gasteiger charge is -2.18. The van der Waals surface area contributed by atoms with Gasteiger partial charge < -0.3 is 4.98 Å². The van der Waals surface area contributed by atoms with Crippen LogP contribution in [0.15, 0.2) is 47.6 Å². The van der Waals surface area contributed by atoms with Crippen molar-refractivity contribution < 1.29 is 4.79 Å². The number of rotatable bonds is 2. The van der Waals surface area contributed by atoms with Crippen molar-refractivity contribution in [1.29, 1.82) is 0 Å². The second-order valence-electron chi connectivity index (χ2n) is 6.78. The minimum absolute atomic E-state index is 0.00115. The van der Waals surface area contributed by atoms with Crippen LogP contribution in [-0.2, 0) is 5.41 Å². The molecule has 118 valence electrons. The van der Waals surface area contributed by atoms with E-state index in [0.717, 1.165) is 22.8 Å². The van der Waals surface area contributed by atoms with Gasteiger partial charge in [-0.3, -0.25) is 4.79 Å². The van der Waals surface area contributed by atoms with Gasteiger partial charge in [0.2, 0.25) is 5.12 Å². The van der Waals surface area contributed by atoms with Crippen molar-refractivity contribution >= 4 is 27.9 Å². The number of nitrogens with zero attached hydrogens (tertiary/aromatic N) is 1. The number of aryl methyl sites for hydroxylation is 1. The number of fused-ring (bicyclic) bond motifs is 1. The fourth-order valence-electron chi connectivity index (χ4n) is 2.40. The van der Waals surface area contributed by atoms with Crippen LogP contribution in [0, 0.1) is 6.92 Å². The zero-order chi connectivity index (χ0) is 16.6. The van der Waals surface area contributed by atoms with E-state index in [1.807, 2.05) is 49.4 Å². The van der Waals surface area contributed by atoms with Crippen molar-refractivity contribution in [2.24, 2.45) is 0 Å². The Hall–Kier alpha value is -2.07. The molecule has 3 nitrogen and oxygen atoms in total. The van der Waals surface area contributed by atoms with E-state index >= 15 is 0 Å². The van der Waals surface area contributed by atoms with E-state index in [2.05, 4.69) is 30.7 Å². The van der Waals surface area contributed by atoms with Gasteiger partial charge in [-0.2, -0.15) is 0 Å². The first-order valence-corrected chi connectivity index (χ1v) is 8.44. The molecule has 0 bridgehead atoms. The van der Waals surface area contributed by atoms with E-state index in [0.29, 0.717) is 10.7 Å². The Labute approximate surface area is 140 Å². The number of imidazole rings is 1. The average Bonchev–Trinajstić information content (AvgIpc) is 2.87. The Morgan fingerprint density at radius 3 is 2.43 bits per heavy atom. The Morgan fingerprint density at radius 2 is 1.78 bits per heavy atom. The Kier molecular flexibility index (Phi) is 4.02.